The molecule has 2 aromatic heterocycles. The van der Waals surface area contributed by atoms with Crippen LogP contribution in [0.4, 0.5) is 5.69 Å². The molecule has 3 aromatic rings. The SMILES string of the molecule is C=CCN(C(=O)CSc1nnc(-c2ccco2)n1CC(C)C)c1ccccc1. The molecule has 0 fully saturated rings. The first kappa shape index (κ1) is 19.9. The second-order valence-electron chi connectivity index (χ2n) is 6.71. The molecule has 0 atom stereocenters. The topological polar surface area (TPSA) is 64.2 Å². The van der Waals surface area contributed by atoms with E-state index in [4.69, 9.17) is 4.42 Å². The highest BCUT2D eigenvalue weighted by Gasteiger charge is 2.20. The molecule has 0 saturated carbocycles. The van der Waals surface area contributed by atoms with E-state index in [0.29, 0.717) is 29.2 Å². The van der Waals surface area contributed by atoms with Gasteiger partial charge in [-0.1, -0.05) is 49.9 Å². The number of nitrogens with zero attached hydrogens (tertiary/aromatic N) is 4. The fourth-order valence-corrected chi connectivity index (χ4v) is 3.63. The van der Waals surface area contributed by atoms with E-state index in [0.717, 1.165) is 12.2 Å². The lowest BCUT2D eigenvalue weighted by Crippen LogP contribution is -2.32. The lowest BCUT2D eigenvalue weighted by Gasteiger charge is -2.21. The Bertz CT molecular complexity index is 904. The number of hydrogen-bond donors (Lipinski definition) is 0. The Balaban J connectivity index is 1.77. The number of thioether (sulfide) groups is 1. The number of carbonyl (C=O) groups excluding carboxylic acids is 1. The maximum atomic E-state index is 12.9. The van der Waals surface area contributed by atoms with Crippen molar-refractivity contribution >= 4 is 23.4 Å². The molecule has 146 valence electrons. The summed E-state index contributed by atoms with van der Waals surface area (Å²) in [4.78, 5) is 14.6. The molecule has 0 aliphatic carbocycles. The number of amides is 1. The van der Waals surface area contributed by atoms with Crippen LogP contribution in [-0.4, -0.2) is 33.0 Å². The van der Waals surface area contributed by atoms with Gasteiger partial charge in [-0.15, -0.1) is 16.8 Å². The molecule has 0 aliphatic rings. The van der Waals surface area contributed by atoms with Crippen molar-refractivity contribution in [3.8, 4) is 11.6 Å². The van der Waals surface area contributed by atoms with E-state index in [1.165, 1.54) is 11.8 Å². The Labute approximate surface area is 169 Å². The molecule has 3 rings (SSSR count). The monoisotopic (exact) mass is 396 g/mol. The maximum Gasteiger partial charge on any atom is 0.237 e. The van der Waals surface area contributed by atoms with Gasteiger partial charge in [0.25, 0.3) is 0 Å². The van der Waals surface area contributed by atoms with Crippen LogP contribution >= 0.6 is 11.8 Å². The van der Waals surface area contributed by atoms with Crippen LogP contribution in [0.2, 0.25) is 0 Å². The quantitative estimate of drug-likeness (QED) is 0.393. The van der Waals surface area contributed by atoms with Crippen molar-refractivity contribution in [2.75, 3.05) is 17.2 Å². The smallest absolute Gasteiger partial charge is 0.237 e. The van der Waals surface area contributed by atoms with Crippen molar-refractivity contribution in [1.82, 2.24) is 14.8 Å². The van der Waals surface area contributed by atoms with Gasteiger partial charge in [-0.05, 0) is 30.2 Å². The number of hydrogen-bond acceptors (Lipinski definition) is 5. The molecular weight excluding hydrogens is 372 g/mol. The average molecular weight is 397 g/mol. The Morgan fingerprint density at radius 1 is 1.25 bits per heavy atom. The Kier molecular flexibility index (Phi) is 6.71. The minimum absolute atomic E-state index is 0.00487. The van der Waals surface area contributed by atoms with E-state index in [9.17, 15) is 4.79 Å². The Morgan fingerprint density at radius 3 is 2.68 bits per heavy atom. The van der Waals surface area contributed by atoms with Crippen molar-refractivity contribution in [3.05, 3.63) is 61.4 Å². The van der Waals surface area contributed by atoms with Gasteiger partial charge in [0, 0.05) is 18.8 Å². The summed E-state index contributed by atoms with van der Waals surface area (Å²) in [5, 5.41) is 9.29. The maximum absolute atomic E-state index is 12.9. The Hall–Kier alpha value is -2.80. The number of carbonyl (C=O) groups is 1. The average Bonchev–Trinajstić information content (AvgIpc) is 3.34. The van der Waals surface area contributed by atoms with E-state index in [1.807, 2.05) is 47.0 Å². The van der Waals surface area contributed by atoms with Crippen molar-refractivity contribution in [3.63, 3.8) is 0 Å². The molecule has 6 nitrogen and oxygen atoms in total. The zero-order valence-electron chi connectivity index (χ0n) is 16.1. The highest BCUT2D eigenvalue weighted by molar-refractivity contribution is 7.99. The second-order valence-corrected chi connectivity index (χ2v) is 7.65. The van der Waals surface area contributed by atoms with Crippen LogP contribution in [0.1, 0.15) is 13.8 Å². The van der Waals surface area contributed by atoms with Crippen LogP contribution in [0.25, 0.3) is 11.6 Å². The molecule has 1 amide bonds. The third kappa shape index (κ3) is 4.72. The van der Waals surface area contributed by atoms with Gasteiger partial charge in [-0.3, -0.25) is 9.36 Å². The van der Waals surface area contributed by atoms with Crippen LogP contribution < -0.4 is 4.90 Å². The third-order valence-electron chi connectivity index (χ3n) is 4.01. The minimum Gasteiger partial charge on any atom is -0.461 e. The van der Waals surface area contributed by atoms with Crippen molar-refractivity contribution < 1.29 is 9.21 Å². The fraction of sp³-hybridized carbons (Fsp3) is 0.286. The third-order valence-corrected chi connectivity index (χ3v) is 4.96. The number of rotatable bonds is 9. The summed E-state index contributed by atoms with van der Waals surface area (Å²) in [7, 11) is 0. The van der Waals surface area contributed by atoms with Crippen LogP contribution in [0.5, 0.6) is 0 Å². The molecule has 2 heterocycles. The molecule has 0 aliphatic heterocycles. The first-order chi connectivity index (χ1) is 13.6. The van der Waals surface area contributed by atoms with Gasteiger partial charge in [0.05, 0.1) is 12.0 Å². The standard InChI is InChI=1S/C21H24N4O2S/c1-4-12-24(17-9-6-5-7-10-17)19(26)15-28-21-23-22-20(18-11-8-13-27-18)25(21)14-16(2)3/h4-11,13,16H,1,12,14-15H2,2-3H3. The van der Waals surface area contributed by atoms with Gasteiger partial charge in [0.2, 0.25) is 5.91 Å². The fourth-order valence-electron chi connectivity index (χ4n) is 2.81. The molecule has 1 aromatic carbocycles. The lowest BCUT2D eigenvalue weighted by molar-refractivity contribution is -0.116. The van der Waals surface area contributed by atoms with Crippen molar-refractivity contribution in [2.45, 2.75) is 25.5 Å². The summed E-state index contributed by atoms with van der Waals surface area (Å²) in [6, 6.07) is 13.3. The van der Waals surface area contributed by atoms with E-state index in [2.05, 4.69) is 30.6 Å². The Morgan fingerprint density at radius 2 is 2.04 bits per heavy atom. The van der Waals surface area contributed by atoms with Crippen molar-refractivity contribution in [1.29, 1.82) is 0 Å². The zero-order chi connectivity index (χ0) is 19.9. The lowest BCUT2D eigenvalue weighted by atomic mass is 10.2. The van der Waals surface area contributed by atoms with E-state index >= 15 is 0 Å². The largest absolute Gasteiger partial charge is 0.461 e. The zero-order valence-corrected chi connectivity index (χ0v) is 16.9. The predicted molar refractivity (Wildman–Crippen MR) is 112 cm³/mol. The summed E-state index contributed by atoms with van der Waals surface area (Å²) < 4.78 is 7.51. The van der Waals surface area contributed by atoms with Gasteiger partial charge in [0.1, 0.15) is 0 Å². The van der Waals surface area contributed by atoms with E-state index in [-0.39, 0.29) is 11.7 Å². The summed E-state index contributed by atoms with van der Waals surface area (Å²) in [5.74, 6) is 2.01. The number of aromatic nitrogens is 3. The van der Waals surface area contributed by atoms with Gasteiger partial charge < -0.3 is 9.32 Å². The van der Waals surface area contributed by atoms with E-state index in [1.54, 1.807) is 17.2 Å². The molecular formula is C21H24N4O2S. The first-order valence-electron chi connectivity index (χ1n) is 9.16. The first-order valence-corrected chi connectivity index (χ1v) is 10.1. The highest BCUT2D eigenvalue weighted by Crippen LogP contribution is 2.26. The summed E-state index contributed by atoms with van der Waals surface area (Å²) >= 11 is 1.39. The summed E-state index contributed by atoms with van der Waals surface area (Å²) in [5.41, 5.74) is 0.855. The predicted octanol–water partition coefficient (Wildman–Crippen LogP) is 4.51. The molecule has 0 spiro atoms. The summed E-state index contributed by atoms with van der Waals surface area (Å²) in [6.07, 6.45) is 3.35. The van der Waals surface area contributed by atoms with Gasteiger partial charge in [-0.25, -0.2) is 0 Å². The summed E-state index contributed by atoms with van der Waals surface area (Å²) in [6.45, 7) is 9.23. The van der Waals surface area contributed by atoms with Gasteiger partial charge >= 0.3 is 0 Å². The molecule has 0 unspecified atom stereocenters. The number of anilines is 1. The number of furan rings is 1. The molecule has 0 N–H and O–H groups in total. The van der Waals surface area contributed by atoms with Gasteiger partial charge in [0.15, 0.2) is 16.7 Å². The highest BCUT2D eigenvalue weighted by atomic mass is 32.2. The van der Waals surface area contributed by atoms with Crippen molar-refractivity contribution in [2.24, 2.45) is 5.92 Å². The molecule has 28 heavy (non-hydrogen) atoms. The van der Waals surface area contributed by atoms with Crippen LogP contribution in [0, 0.1) is 5.92 Å². The molecule has 7 heteroatoms. The second kappa shape index (κ2) is 9.41. The molecule has 0 radical (unpaired) electrons. The van der Waals surface area contributed by atoms with Crippen LogP contribution in [0.15, 0.2) is 71.0 Å². The molecule has 0 bridgehead atoms. The van der Waals surface area contributed by atoms with Crippen LogP contribution in [0.3, 0.4) is 0 Å². The minimum atomic E-state index is -0.00487. The number of benzene rings is 1. The number of para-hydroxylation sites is 1. The van der Waals surface area contributed by atoms with Gasteiger partial charge in [-0.2, -0.15) is 0 Å². The normalized spacial score (nSPS) is 11.0. The van der Waals surface area contributed by atoms with Crippen LogP contribution in [-0.2, 0) is 11.3 Å². The molecule has 0 saturated heterocycles. The van der Waals surface area contributed by atoms with E-state index < -0.39 is 0 Å².